The maximum absolute atomic E-state index is 10.5. The highest BCUT2D eigenvalue weighted by Crippen LogP contribution is 2.30. The molecule has 1 aromatic rings. The van der Waals surface area contributed by atoms with Crippen molar-refractivity contribution in [1.29, 1.82) is 0 Å². The van der Waals surface area contributed by atoms with E-state index in [4.69, 9.17) is 24.7 Å². The summed E-state index contributed by atoms with van der Waals surface area (Å²) in [5.41, 5.74) is 6.10. The molecular formula is C18H27NO11. The van der Waals surface area contributed by atoms with Gasteiger partial charge in [-0.2, -0.15) is 0 Å². The molecule has 0 radical (unpaired) electrons. The van der Waals surface area contributed by atoms with Crippen LogP contribution in [0.2, 0.25) is 0 Å². The minimum Gasteiger partial charge on any atom is -0.462 e. The van der Waals surface area contributed by atoms with E-state index in [1.54, 1.807) is 12.1 Å². The van der Waals surface area contributed by atoms with Gasteiger partial charge >= 0.3 is 0 Å². The molecule has 0 aliphatic carbocycles. The van der Waals surface area contributed by atoms with Crippen molar-refractivity contribution in [3.63, 3.8) is 0 Å². The van der Waals surface area contributed by atoms with Crippen LogP contribution in [0.25, 0.3) is 0 Å². The Labute approximate surface area is 171 Å². The maximum atomic E-state index is 10.5. The number of aliphatic hydroxyl groups excluding tert-OH is 7. The van der Waals surface area contributed by atoms with Crippen molar-refractivity contribution in [3.8, 4) is 5.75 Å². The summed E-state index contributed by atoms with van der Waals surface area (Å²) < 4.78 is 21.7. The Morgan fingerprint density at radius 2 is 1.30 bits per heavy atom. The van der Waals surface area contributed by atoms with Crippen LogP contribution in [0.5, 0.6) is 5.75 Å². The van der Waals surface area contributed by atoms with E-state index < -0.39 is 74.6 Å². The molecule has 10 atom stereocenters. The predicted octanol–water partition coefficient (Wildman–Crippen LogP) is -3.73. The van der Waals surface area contributed by atoms with E-state index >= 15 is 0 Å². The summed E-state index contributed by atoms with van der Waals surface area (Å²) in [5, 5.41) is 69.7. The Kier molecular flexibility index (Phi) is 7.47. The normalized spacial score (nSPS) is 42.1. The lowest BCUT2D eigenvalue weighted by Crippen LogP contribution is -2.65. The van der Waals surface area contributed by atoms with E-state index in [0.29, 0.717) is 11.4 Å². The van der Waals surface area contributed by atoms with Crippen molar-refractivity contribution >= 4 is 5.69 Å². The summed E-state index contributed by atoms with van der Waals surface area (Å²) in [6, 6.07) is 6.19. The van der Waals surface area contributed by atoms with Crippen molar-refractivity contribution in [2.75, 3.05) is 18.9 Å². The highest BCUT2D eigenvalue weighted by atomic mass is 16.7. The first-order chi connectivity index (χ1) is 14.3. The van der Waals surface area contributed by atoms with Crippen LogP contribution in [0.3, 0.4) is 0 Å². The average molecular weight is 433 g/mol. The van der Waals surface area contributed by atoms with Gasteiger partial charge in [-0.05, 0) is 24.3 Å². The minimum atomic E-state index is -1.73. The molecule has 1 aromatic carbocycles. The number of aliphatic hydroxyl groups is 7. The van der Waals surface area contributed by atoms with Crippen molar-refractivity contribution in [2.24, 2.45) is 0 Å². The lowest BCUT2D eigenvalue weighted by molar-refractivity contribution is -0.352. The van der Waals surface area contributed by atoms with E-state index in [1.807, 2.05) is 0 Å². The Balaban J connectivity index is 1.71. The molecule has 1 unspecified atom stereocenters. The molecule has 2 saturated heterocycles. The van der Waals surface area contributed by atoms with Gasteiger partial charge in [0.05, 0.1) is 13.2 Å². The highest BCUT2D eigenvalue weighted by Gasteiger charge is 2.51. The number of hydrogen-bond acceptors (Lipinski definition) is 12. The van der Waals surface area contributed by atoms with Crippen LogP contribution in [-0.2, 0) is 14.2 Å². The largest absolute Gasteiger partial charge is 0.462 e. The van der Waals surface area contributed by atoms with Gasteiger partial charge in [-0.15, -0.1) is 0 Å². The number of hydrogen-bond donors (Lipinski definition) is 8. The van der Waals surface area contributed by atoms with Gasteiger partial charge in [0, 0.05) is 5.69 Å². The second kappa shape index (κ2) is 9.70. The van der Waals surface area contributed by atoms with Gasteiger partial charge in [0.25, 0.3) is 0 Å². The number of nitrogen functional groups attached to an aromatic ring is 1. The smallest absolute Gasteiger partial charge is 0.229 e. The Morgan fingerprint density at radius 3 is 1.90 bits per heavy atom. The third-order valence-electron chi connectivity index (χ3n) is 5.09. The average Bonchev–Trinajstić information content (AvgIpc) is 2.74. The molecule has 0 bridgehead atoms. The standard InChI is InChI=1S/C18H27NO11/c19-7-1-3-8(4-2-7)27-17-15(26)13(24)16(10(6-21)29-17)30-18-14(25)12(23)11(22)9(5-20)28-18/h1-4,9-18,20-26H,5-6,19H2/t9-,10-,11+,12+,13-,14-,15-,16-,17?,18+/m1/s1. The molecular weight excluding hydrogens is 406 g/mol. The maximum Gasteiger partial charge on any atom is 0.229 e. The summed E-state index contributed by atoms with van der Waals surface area (Å²) in [6.45, 7) is -1.31. The summed E-state index contributed by atoms with van der Waals surface area (Å²) in [6.07, 6.45) is -15.0. The molecule has 170 valence electrons. The first-order valence-corrected chi connectivity index (χ1v) is 9.37. The molecule has 2 aliphatic heterocycles. The molecule has 0 aromatic heterocycles. The highest BCUT2D eigenvalue weighted by molar-refractivity contribution is 5.41. The van der Waals surface area contributed by atoms with Crippen LogP contribution in [0, 0.1) is 0 Å². The zero-order valence-electron chi connectivity index (χ0n) is 15.8. The van der Waals surface area contributed by atoms with Gasteiger partial charge in [0.15, 0.2) is 6.29 Å². The number of ether oxygens (including phenoxy) is 4. The summed E-state index contributed by atoms with van der Waals surface area (Å²) >= 11 is 0. The van der Waals surface area contributed by atoms with Crippen LogP contribution in [0.15, 0.2) is 24.3 Å². The van der Waals surface area contributed by atoms with E-state index in [0.717, 1.165) is 0 Å². The molecule has 12 nitrogen and oxygen atoms in total. The van der Waals surface area contributed by atoms with E-state index in [1.165, 1.54) is 12.1 Å². The summed E-state index contributed by atoms with van der Waals surface area (Å²) in [5.74, 6) is 0.297. The molecule has 2 heterocycles. The fourth-order valence-corrected chi connectivity index (χ4v) is 3.33. The number of benzene rings is 1. The monoisotopic (exact) mass is 433 g/mol. The summed E-state index contributed by atoms with van der Waals surface area (Å²) in [4.78, 5) is 0. The third kappa shape index (κ3) is 4.68. The predicted molar refractivity (Wildman–Crippen MR) is 97.9 cm³/mol. The Hall–Kier alpha value is -1.58. The fraction of sp³-hybridized carbons (Fsp3) is 0.667. The van der Waals surface area contributed by atoms with Gasteiger partial charge in [-0.3, -0.25) is 0 Å². The van der Waals surface area contributed by atoms with Gasteiger partial charge in [-0.1, -0.05) is 0 Å². The van der Waals surface area contributed by atoms with Gasteiger partial charge in [-0.25, -0.2) is 0 Å². The van der Waals surface area contributed by atoms with Crippen LogP contribution >= 0.6 is 0 Å². The SMILES string of the molecule is Nc1ccc(OC2O[C@H](CO)[C@@H](O[C@@H]3O[C@H](CO)[C@H](O)[C@H](O)[C@H]3O)[C@H](O)[C@H]2O)cc1. The van der Waals surface area contributed by atoms with Crippen LogP contribution in [0.1, 0.15) is 0 Å². The molecule has 9 N–H and O–H groups in total. The molecule has 2 fully saturated rings. The molecule has 12 heteroatoms. The molecule has 2 aliphatic rings. The van der Waals surface area contributed by atoms with E-state index in [2.05, 4.69) is 0 Å². The van der Waals surface area contributed by atoms with Crippen molar-refractivity contribution in [2.45, 2.75) is 61.4 Å². The minimum absolute atomic E-state index is 0.297. The van der Waals surface area contributed by atoms with E-state index in [-0.39, 0.29) is 0 Å². The zero-order valence-corrected chi connectivity index (χ0v) is 15.8. The summed E-state index contributed by atoms with van der Waals surface area (Å²) in [7, 11) is 0. The number of rotatable bonds is 6. The second-order valence-corrected chi connectivity index (χ2v) is 7.19. The number of anilines is 1. The second-order valence-electron chi connectivity index (χ2n) is 7.19. The zero-order chi connectivity index (χ0) is 22.0. The fourth-order valence-electron chi connectivity index (χ4n) is 3.33. The molecule has 0 spiro atoms. The Bertz CT molecular complexity index is 673. The lowest BCUT2D eigenvalue weighted by atomic mass is 9.97. The van der Waals surface area contributed by atoms with Gasteiger partial charge < -0.3 is 60.4 Å². The van der Waals surface area contributed by atoms with E-state index in [9.17, 15) is 35.7 Å². The molecule has 30 heavy (non-hydrogen) atoms. The van der Waals surface area contributed by atoms with Gasteiger partial charge in [0.2, 0.25) is 6.29 Å². The van der Waals surface area contributed by atoms with Gasteiger partial charge in [0.1, 0.15) is 54.6 Å². The molecule has 0 saturated carbocycles. The van der Waals surface area contributed by atoms with Crippen LogP contribution < -0.4 is 10.5 Å². The van der Waals surface area contributed by atoms with Crippen LogP contribution in [-0.4, -0.2) is 110 Å². The quantitative estimate of drug-likeness (QED) is 0.204. The van der Waals surface area contributed by atoms with Crippen molar-refractivity contribution < 1.29 is 54.7 Å². The number of nitrogens with two attached hydrogens (primary N) is 1. The van der Waals surface area contributed by atoms with Crippen LogP contribution in [0.4, 0.5) is 5.69 Å². The topological polar surface area (TPSA) is 205 Å². The Morgan fingerprint density at radius 1 is 0.733 bits per heavy atom. The first-order valence-electron chi connectivity index (χ1n) is 9.37. The van der Waals surface area contributed by atoms with Crippen molar-refractivity contribution in [3.05, 3.63) is 24.3 Å². The third-order valence-corrected chi connectivity index (χ3v) is 5.09. The van der Waals surface area contributed by atoms with Crippen molar-refractivity contribution in [1.82, 2.24) is 0 Å². The lowest BCUT2D eigenvalue weighted by Gasteiger charge is -2.45. The molecule has 3 rings (SSSR count). The molecule has 0 amide bonds. The first kappa shape index (κ1) is 23.1.